The van der Waals surface area contributed by atoms with Gasteiger partial charge in [0.15, 0.2) is 0 Å². The summed E-state index contributed by atoms with van der Waals surface area (Å²) >= 11 is 0. The smallest absolute Gasteiger partial charge is 0.140 e. The number of aryl methyl sites for hydroxylation is 1. The second-order valence-corrected chi connectivity index (χ2v) is 6.30. The average molecular weight is 307 g/mol. The Morgan fingerprint density at radius 3 is 2.96 bits per heavy atom. The number of anilines is 1. The minimum absolute atomic E-state index is 0.432. The number of piperidine rings is 1. The van der Waals surface area contributed by atoms with Crippen molar-refractivity contribution in [1.82, 2.24) is 19.7 Å². The SMILES string of the molecule is Cc1cnn(C[C@H]2CCCCN2c2ncnc3ccccc23)c1. The number of nitrogens with zero attached hydrogens (tertiary/aromatic N) is 5. The van der Waals surface area contributed by atoms with Crippen LogP contribution in [0, 0.1) is 6.92 Å². The molecule has 4 rings (SSSR count). The standard InChI is InChI=1S/C18H21N5/c1-14-10-21-22(11-14)12-15-6-4-5-9-23(15)18-16-7-2-3-8-17(16)19-13-20-18/h2-3,7-8,10-11,13,15H,4-6,9,12H2,1H3/t15-/m1/s1. The van der Waals surface area contributed by atoms with Crippen LogP contribution in [-0.4, -0.2) is 32.3 Å². The maximum Gasteiger partial charge on any atom is 0.140 e. The molecule has 1 saturated heterocycles. The van der Waals surface area contributed by atoms with Crippen molar-refractivity contribution in [3.05, 3.63) is 48.5 Å². The molecule has 0 radical (unpaired) electrons. The summed E-state index contributed by atoms with van der Waals surface area (Å²) in [7, 11) is 0. The minimum atomic E-state index is 0.432. The van der Waals surface area contributed by atoms with E-state index >= 15 is 0 Å². The van der Waals surface area contributed by atoms with E-state index in [9.17, 15) is 0 Å². The van der Waals surface area contributed by atoms with Crippen LogP contribution < -0.4 is 4.90 Å². The zero-order chi connectivity index (χ0) is 15.6. The Labute approximate surface area is 136 Å². The summed E-state index contributed by atoms with van der Waals surface area (Å²) < 4.78 is 2.06. The lowest BCUT2D eigenvalue weighted by Crippen LogP contribution is -2.43. The van der Waals surface area contributed by atoms with Gasteiger partial charge in [0.05, 0.1) is 24.3 Å². The maximum atomic E-state index is 4.61. The van der Waals surface area contributed by atoms with Gasteiger partial charge in [-0.2, -0.15) is 5.10 Å². The number of hydrogen-bond acceptors (Lipinski definition) is 4. The third kappa shape index (κ3) is 2.79. The molecule has 23 heavy (non-hydrogen) atoms. The quantitative estimate of drug-likeness (QED) is 0.745. The van der Waals surface area contributed by atoms with E-state index in [0.29, 0.717) is 6.04 Å². The van der Waals surface area contributed by atoms with Crippen molar-refractivity contribution in [3.8, 4) is 0 Å². The van der Waals surface area contributed by atoms with Crippen molar-refractivity contribution < 1.29 is 0 Å². The first-order chi connectivity index (χ1) is 11.3. The Kier molecular flexibility index (Phi) is 3.69. The second-order valence-electron chi connectivity index (χ2n) is 6.30. The highest BCUT2D eigenvalue weighted by atomic mass is 15.3. The summed E-state index contributed by atoms with van der Waals surface area (Å²) in [6.07, 6.45) is 9.38. The van der Waals surface area contributed by atoms with E-state index in [4.69, 9.17) is 0 Å². The fraction of sp³-hybridized carbons (Fsp3) is 0.389. The Morgan fingerprint density at radius 2 is 2.09 bits per heavy atom. The molecule has 1 aliphatic heterocycles. The van der Waals surface area contributed by atoms with Gasteiger partial charge in [0.1, 0.15) is 12.1 Å². The monoisotopic (exact) mass is 307 g/mol. The van der Waals surface area contributed by atoms with Crippen LogP contribution in [0.3, 0.4) is 0 Å². The molecule has 3 heterocycles. The van der Waals surface area contributed by atoms with Crippen LogP contribution in [0.4, 0.5) is 5.82 Å². The molecule has 3 aromatic rings. The summed E-state index contributed by atoms with van der Waals surface area (Å²) in [6.45, 7) is 4.04. The van der Waals surface area contributed by atoms with Crippen molar-refractivity contribution in [2.75, 3.05) is 11.4 Å². The molecule has 0 bridgehead atoms. The maximum absolute atomic E-state index is 4.61. The minimum Gasteiger partial charge on any atom is -0.351 e. The summed E-state index contributed by atoms with van der Waals surface area (Å²) in [5, 5.41) is 5.60. The van der Waals surface area contributed by atoms with Crippen molar-refractivity contribution in [3.63, 3.8) is 0 Å². The van der Waals surface area contributed by atoms with Crippen LogP contribution in [0.2, 0.25) is 0 Å². The van der Waals surface area contributed by atoms with Gasteiger partial charge in [0.2, 0.25) is 0 Å². The highest BCUT2D eigenvalue weighted by Crippen LogP contribution is 2.29. The van der Waals surface area contributed by atoms with Gasteiger partial charge in [-0.25, -0.2) is 9.97 Å². The molecule has 1 aromatic carbocycles. The molecule has 0 N–H and O–H groups in total. The molecule has 118 valence electrons. The van der Waals surface area contributed by atoms with Gasteiger partial charge in [0.25, 0.3) is 0 Å². The molecule has 1 aliphatic rings. The van der Waals surface area contributed by atoms with E-state index in [1.54, 1.807) is 6.33 Å². The van der Waals surface area contributed by atoms with Gasteiger partial charge in [-0.3, -0.25) is 4.68 Å². The highest BCUT2D eigenvalue weighted by molar-refractivity contribution is 5.89. The van der Waals surface area contributed by atoms with Gasteiger partial charge >= 0.3 is 0 Å². The van der Waals surface area contributed by atoms with Crippen LogP contribution >= 0.6 is 0 Å². The molecular formula is C18H21N5. The van der Waals surface area contributed by atoms with Crippen LogP contribution in [0.5, 0.6) is 0 Å². The summed E-state index contributed by atoms with van der Waals surface area (Å²) in [5.41, 5.74) is 2.22. The largest absolute Gasteiger partial charge is 0.351 e. The topological polar surface area (TPSA) is 46.8 Å². The zero-order valence-electron chi connectivity index (χ0n) is 13.4. The fourth-order valence-electron chi connectivity index (χ4n) is 3.47. The molecule has 0 unspecified atom stereocenters. The average Bonchev–Trinajstić information content (AvgIpc) is 3.00. The van der Waals surface area contributed by atoms with Gasteiger partial charge in [-0.1, -0.05) is 12.1 Å². The molecule has 0 amide bonds. The van der Waals surface area contributed by atoms with E-state index in [-0.39, 0.29) is 0 Å². The van der Waals surface area contributed by atoms with Crippen LogP contribution in [0.15, 0.2) is 43.0 Å². The molecular weight excluding hydrogens is 286 g/mol. The van der Waals surface area contributed by atoms with Gasteiger partial charge in [-0.05, 0) is 43.9 Å². The molecule has 1 fully saturated rings. The van der Waals surface area contributed by atoms with E-state index < -0.39 is 0 Å². The Hall–Kier alpha value is -2.43. The van der Waals surface area contributed by atoms with Crippen LogP contribution in [0.25, 0.3) is 10.9 Å². The summed E-state index contributed by atoms with van der Waals surface area (Å²) in [6, 6.07) is 8.69. The first-order valence-electron chi connectivity index (χ1n) is 8.27. The fourth-order valence-corrected chi connectivity index (χ4v) is 3.47. The molecule has 5 nitrogen and oxygen atoms in total. The zero-order valence-corrected chi connectivity index (χ0v) is 13.4. The number of benzene rings is 1. The second kappa shape index (κ2) is 5.99. The molecule has 1 atom stereocenters. The third-order valence-corrected chi connectivity index (χ3v) is 4.58. The molecule has 5 heteroatoms. The molecule has 0 saturated carbocycles. The lowest BCUT2D eigenvalue weighted by atomic mass is 10.0. The number of fused-ring (bicyclic) bond motifs is 1. The van der Waals surface area contributed by atoms with E-state index in [1.165, 1.54) is 24.8 Å². The van der Waals surface area contributed by atoms with E-state index in [2.05, 4.69) is 56.0 Å². The number of aromatic nitrogens is 4. The van der Waals surface area contributed by atoms with Gasteiger partial charge in [0, 0.05) is 18.1 Å². The van der Waals surface area contributed by atoms with Crippen molar-refractivity contribution in [1.29, 1.82) is 0 Å². The summed E-state index contributed by atoms with van der Waals surface area (Å²) in [5.74, 6) is 1.06. The van der Waals surface area contributed by atoms with Gasteiger partial charge in [-0.15, -0.1) is 0 Å². The van der Waals surface area contributed by atoms with Crippen molar-refractivity contribution in [2.45, 2.75) is 38.8 Å². The Morgan fingerprint density at radius 1 is 1.17 bits per heavy atom. The van der Waals surface area contributed by atoms with Gasteiger partial charge < -0.3 is 4.90 Å². The van der Waals surface area contributed by atoms with Crippen molar-refractivity contribution in [2.24, 2.45) is 0 Å². The molecule has 0 spiro atoms. The van der Waals surface area contributed by atoms with E-state index in [1.807, 2.05) is 12.3 Å². The first-order valence-corrected chi connectivity index (χ1v) is 8.27. The Bertz CT molecular complexity index is 805. The van der Waals surface area contributed by atoms with E-state index in [0.717, 1.165) is 29.8 Å². The first kappa shape index (κ1) is 14.2. The molecule has 0 aliphatic carbocycles. The predicted octanol–water partition coefficient (Wildman–Crippen LogP) is 3.19. The lowest BCUT2D eigenvalue weighted by molar-refractivity contribution is 0.397. The normalized spacial score (nSPS) is 18.5. The number of rotatable bonds is 3. The number of para-hydroxylation sites is 1. The summed E-state index contributed by atoms with van der Waals surface area (Å²) in [4.78, 5) is 11.5. The lowest BCUT2D eigenvalue weighted by Gasteiger charge is -2.37. The Balaban J connectivity index is 1.69. The van der Waals surface area contributed by atoms with Crippen LogP contribution in [-0.2, 0) is 6.54 Å². The molecule has 2 aromatic heterocycles. The predicted molar refractivity (Wildman–Crippen MR) is 91.5 cm³/mol. The highest BCUT2D eigenvalue weighted by Gasteiger charge is 2.25. The van der Waals surface area contributed by atoms with Crippen LogP contribution in [0.1, 0.15) is 24.8 Å². The van der Waals surface area contributed by atoms with Crippen molar-refractivity contribution >= 4 is 16.7 Å². The number of hydrogen-bond donors (Lipinski definition) is 0. The third-order valence-electron chi connectivity index (χ3n) is 4.58.